The highest BCUT2D eigenvalue weighted by Gasteiger charge is 2.41. The number of rotatable bonds is 2. The maximum absolute atomic E-state index is 12.7. The van der Waals surface area contributed by atoms with E-state index in [1.807, 2.05) is 0 Å². The topological polar surface area (TPSA) is 64.4 Å². The number of halogens is 2. The standard InChI is InChI=1S/C17H17Cl2N3O2/c18-12-1-2-14(19)15(9-12)22-8-5-13(17(22)24)16(23)21-6-3-11(10-20)4-7-21/h1-2,9,11,13H,3-8H2. The van der Waals surface area contributed by atoms with E-state index in [9.17, 15) is 9.59 Å². The van der Waals surface area contributed by atoms with E-state index in [0.29, 0.717) is 54.6 Å². The van der Waals surface area contributed by atoms with E-state index < -0.39 is 5.92 Å². The van der Waals surface area contributed by atoms with Gasteiger partial charge in [-0.3, -0.25) is 9.59 Å². The number of likely N-dealkylation sites (tertiary alicyclic amines) is 1. The van der Waals surface area contributed by atoms with Gasteiger partial charge in [0.05, 0.1) is 16.8 Å². The van der Waals surface area contributed by atoms with Gasteiger partial charge in [0.15, 0.2) is 0 Å². The second-order valence-electron chi connectivity index (χ2n) is 6.16. The maximum Gasteiger partial charge on any atom is 0.239 e. The van der Waals surface area contributed by atoms with Gasteiger partial charge in [-0.2, -0.15) is 5.26 Å². The van der Waals surface area contributed by atoms with E-state index in [4.69, 9.17) is 28.5 Å². The molecule has 1 unspecified atom stereocenters. The van der Waals surface area contributed by atoms with Crippen LogP contribution in [0.15, 0.2) is 18.2 Å². The summed E-state index contributed by atoms with van der Waals surface area (Å²) in [7, 11) is 0. The summed E-state index contributed by atoms with van der Waals surface area (Å²) in [5.41, 5.74) is 0.549. The normalized spacial score (nSPS) is 21.9. The van der Waals surface area contributed by atoms with Gasteiger partial charge < -0.3 is 9.80 Å². The Morgan fingerprint density at radius 2 is 1.88 bits per heavy atom. The number of anilines is 1. The van der Waals surface area contributed by atoms with E-state index in [-0.39, 0.29) is 17.7 Å². The van der Waals surface area contributed by atoms with Crippen molar-refractivity contribution in [3.63, 3.8) is 0 Å². The number of nitriles is 1. The van der Waals surface area contributed by atoms with E-state index in [1.165, 1.54) is 0 Å². The Morgan fingerprint density at radius 1 is 1.17 bits per heavy atom. The van der Waals surface area contributed by atoms with Gasteiger partial charge in [-0.1, -0.05) is 23.2 Å². The molecule has 126 valence electrons. The molecular formula is C17H17Cl2N3O2. The molecule has 1 atom stereocenters. The summed E-state index contributed by atoms with van der Waals surface area (Å²) in [6.07, 6.45) is 1.82. The van der Waals surface area contributed by atoms with Gasteiger partial charge in [0.25, 0.3) is 0 Å². The lowest BCUT2D eigenvalue weighted by molar-refractivity contribution is -0.140. The third-order valence-corrected chi connectivity index (χ3v) is 5.25. The molecule has 0 bridgehead atoms. The Kier molecular flexibility index (Phi) is 4.98. The molecule has 0 aromatic heterocycles. The van der Waals surface area contributed by atoms with Gasteiger partial charge in [0, 0.05) is 30.6 Å². The number of carbonyl (C=O) groups is 2. The molecule has 5 nitrogen and oxygen atoms in total. The van der Waals surface area contributed by atoms with Crippen LogP contribution in [0, 0.1) is 23.2 Å². The molecule has 0 aliphatic carbocycles. The monoisotopic (exact) mass is 365 g/mol. The van der Waals surface area contributed by atoms with E-state index in [1.54, 1.807) is 28.0 Å². The van der Waals surface area contributed by atoms with Gasteiger partial charge in [0.1, 0.15) is 5.92 Å². The van der Waals surface area contributed by atoms with Gasteiger partial charge >= 0.3 is 0 Å². The van der Waals surface area contributed by atoms with Crippen molar-refractivity contribution < 1.29 is 9.59 Å². The van der Waals surface area contributed by atoms with Crippen molar-refractivity contribution in [3.05, 3.63) is 28.2 Å². The number of hydrogen-bond donors (Lipinski definition) is 0. The number of amides is 2. The SMILES string of the molecule is N#CC1CCN(C(=O)C2CCN(c3cc(Cl)ccc3Cl)C2=O)CC1. The first-order valence-electron chi connectivity index (χ1n) is 7.96. The Balaban J connectivity index is 1.71. The summed E-state index contributed by atoms with van der Waals surface area (Å²) in [6.45, 7) is 1.53. The van der Waals surface area contributed by atoms with Crippen LogP contribution in [0.4, 0.5) is 5.69 Å². The number of piperidine rings is 1. The Bertz CT molecular complexity index is 708. The molecule has 0 saturated carbocycles. The Hall–Kier alpha value is -1.77. The molecule has 24 heavy (non-hydrogen) atoms. The lowest BCUT2D eigenvalue weighted by Crippen LogP contribution is -2.44. The second-order valence-corrected chi connectivity index (χ2v) is 7.00. The van der Waals surface area contributed by atoms with Gasteiger partial charge in [-0.05, 0) is 37.5 Å². The first-order valence-corrected chi connectivity index (χ1v) is 8.71. The quantitative estimate of drug-likeness (QED) is 0.756. The third kappa shape index (κ3) is 3.22. The average Bonchev–Trinajstić information content (AvgIpc) is 2.98. The summed E-state index contributed by atoms with van der Waals surface area (Å²) >= 11 is 12.2. The third-order valence-electron chi connectivity index (χ3n) is 4.69. The fourth-order valence-corrected chi connectivity index (χ4v) is 3.68. The van der Waals surface area contributed by atoms with Crippen molar-refractivity contribution in [2.24, 2.45) is 11.8 Å². The molecule has 1 aromatic rings. The molecule has 2 aliphatic heterocycles. The van der Waals surface area contributed by atoms with Crippen LogP contribution < -0.4 is 4.90 Å². The predicted octanol–water partition coefficient (Wildman–Crippen LogP) is 3.11. The highest BCUT2D eigenvalue weighted by atomic mass is 35.5. The molecular weight excluding hydrogens is 349 g/mol. The molecule has 7 heteroatoms. The highest BCUT2D eigenvalue weighted by molar-refractivity contribution is 6.36. The zero-order chi connectivity index (χ0) is 17.3. The second kappa shape index (κ2) is 7.00. The minimum atomic E-state index is -0.668. The predicted molar refractivity (Wildman–Crippen MR) is 91.8 cm³/mol. The summed E-state index contributed by atoms with van der Waals surface area (Å²) in [6, 6.07) is 7.20. The summed E-state index contributed by atoms with van der Waals surface area (Å²) < 4.78 is 0. The number of carbonyl (C=O) groups excluding carboxylic acids is 2. The fraction of sp³-hybridized carbons (Fsp3) is 0.471. The van der Waals surface area contributed by atoms with Crippen molar-refractivity contribution in [1.29, 1.82) is 5.26 Å². The van der Waals surface area contributed by atoms with Crippen LogP contribution in [-0.4, -0.2) is 36.3 Å². The summed E-state index contributed by atoms with van der Waals surface area (Å²) in [4.78, 5) is 28.6. The molecule has 2 fully saturated rings. The number of hydrogen-bond acceptors (Lipinski definition) is 3. The van der Waals surface area contributed by atoms with E-state index >= 15 is 0 Å². The van der Waals surface area contributed by atoms with Gasteiger partial charge in [-0.25, -0.2) is 0 Å². The molecule has 0 radical (unpaired) electrons. The first kappa shape index (κ1) is 17.1. The van der Waals surface area contributed by atoms with Crippen LogP contribution in [0.5, 0.6) is 0 Å². The van der Waals surface area contributed by atoms with Crippen molar-refractivity contribution >= 4 is 40.7 Å². The fourth-order valence-electron chi connectivity index (χ4n) is 3.29. The maximum atomic E-state index is 12.7. The van der Waals surface area contributed by atoms with Crippen LogP contribution in [0.25, 0.3) is 0 Å². The molecule has 2 saturated heterocycles. The number of benzene rings is 1. The van der Waals surface area contributed by atoms with Gasteiger partial charge in [-0.15, -0.1) is 0 Å². The Morgan fingerprint density at radius 3 is 2.54 bits per heavy atom. The molecule has 2 heterocycles. The minimum Gasteiger partial charge on any atom is -0.342 e. The van der Waals surface area contributed by atoms with Crippen LogP contribution in [0.2, 0.25) is 10.0 Å². The molecule has 3 rings (SSSR count). The van der Waals surface area contributed by atoms with E-state index in [0.717, 1.165) is 0 Å². The highest BCUT2D eigenvalue weighted by Crippen LogP contribution is 2.34. The average molecular weight is 366 g/mol. The van der Waals surface area contributed by atoms with Gasteiger partial charge in [0.2, 0.25) is 11.8 Å². The lowest BCUT2D eigenvalue weighted by atomic mass is 9.97. The van der Waals surface area contributed by atoms with Crippen molar-refractivity contribution in [3.8, 4) is 6.07 Å². The van der Waals surface area contributed by atoms with Crippen molar-refractivity contribution in [2.45, 2.75) is 19.3 Å². The zero-order valence-electron chi connectivity index (χ0n) is 13.0. The molecule has 1 aromatic carbocycles. The molecule has 0 N–H and O–H groups in total. The number of nitrogens with zero attached hydrogens (tertiary/aromatic N) is 3. The van der Waals surface area contributed by atoms with E-state index in [2.05, 4.69) is 6.07 Å². The van der Waals surface area contributed by atoms with Crippen LogP contribution in [-0.2, 0) is 9.59 Å². The van der Waals surface area contributed by atoms with Crippen LogP contribution >= 0.6 is 23.2 Å². The lowest BCUT2D eigenvalue weighted by Gasteiger charge is -2.30. The summed E-state index contributed by atoms with van der Waals surface area (Å²) in [5, 5.41) is 9.88. The smallest absolute Gasteiger partial charge is 0.239 e. The van der Waals surface area contributed by atoms with Crippen molar-refractivity contribution in [1.82, 2.24) is 4.90 Å². The molecule has 2 aliphatic rings. The van der Waals surface area contributed by atoms with Crippen LogP contribution in [0.3, 0.4) is 0 Å². The first-order chi connectivity index (χ1) is 11.5. The minimum absolute atomic E-state index is 0.00935. The summed E-state index contributed by atoms with van der Waals surface area (Å²) in [5.74, 6) is -1.03. The Labute approximate surface area is 150 Å². The van der Waals surface area contributed by atoms with Crippen LogP contribution in [0.1, 0.15) is 19.3 Å². The molecule has 2 amide bonds. The van der Waals surface area contributed by atoms with Crippen molar-refractivity contribution in [2.75, 3.05) is 24.5 Å². The molecule has 0 spiro atoms. The largest absolute Gasteiger partial charge is 0.342 e. The zero-order valence-corrected chi connectivity index (χ0v) is 14.6.